The Kier molecular flexibility index (Phi) is 12.2. The first-order chi connectivity index (χ1) is 33.2. The van der Waals surface area contributed by atoms with Crippen LogP contribution in [0.15, 0.2) is 97.1 Å². The zero-order valence-corrected chi connectivity index (χ0v) is 42.1. The van der Waals surface area contributed by atoms with Gasteiger partial charge in [-0.2, -0.15) is 0 Å². The molecule has 0 fully saturated rings. The van der Waals surface area contributed by atoms with Gasteiger partial charge in [0.2, 0.25) is 0 Å². The van der Waals surface area contributed by atoms with Gasteiger partial charge in [-0.05, 0) is 200 Å². The van der Waals surface area contributed by atoms with Crippen LogP contribution in [0.4, 0.5) is 21.0 Å². The molecule has 70 heavy (non-hydrogen) atoms. The maximum absolute atomic E-state index is 12.8. The molecule has 5 heterocycles. The molecule has 0 saturated heterocycles. The molecule has 2 aliphatic heterocycles. The lowest BCUT2D eigenvalue weighted by Crippen LogP contribution is -2.27. The van der Waals surface area contributed by atoms with E-state index in [0.29, 0.717) is 11.4 Å². The molecule has 3 aromatic heterocycles. The number of hydrogen-bond donors (Lipinski definition) is 4. The van der Waals surface area contributed by atoms with E-state index in [0.717, 1.165) is 112 Å². The summed E-state index contributed by atoms with van der Waals surface area (Å²) in [5.41, 5.74) is 21.3. The minimum atomic E-state index is -0.634. The largest absolute Gasteiger partial charge is 0.444 e. The van der Waals surface area contributed by atoms with Crippen LogP contribution < -0.4 is 10.6 Å². The highest BCUT2D eigenvalue weighted by Gasteiger charge is 2.23. The van der Waals surface area contributed by atoms with E-state index in [2.05, 4.69) is 135 Å². The minimum absolute atomic E-state index is 0.518. The maximum Gasteiger partial charge on any atom is 0.412 e. The zero-order chi connectivity index (χ0) is 49.8. The van der Waals surface area contributed by atoms with Crippen molar-refractivity contribution in [3.63, 3.8) is 0 Å². The number of anilines is 2. The fourth-order valence-corrected chi connectivity index (χ4v) is 9.77. The molecule has 0 spiro atoms. The van der Waals surface area contributed by atoms with Gasteiger partial charge in [0.15, 0.2) is 0 Å². The van der Waals surface area contributed by atoms with Gasteiger partial charge >= 0.3 is 12.2 Å². The minimum Gasteiger partial charge on any atom is -0.444 e. The quantitative estimate of drug-likeness (QED) is 0.131. The van der Waals surface area contributed by atoms with E-state index in [1.807, 2.05) is 90.1 Å². The van der Waals surface area contributed by atoms with Crippen molar-refractivity contribution in [2.24, 2.45) is 0 Å². The molecule has 8 bridgehead atoms. The molecule has 7 aromatic rings. The maximum atomic E-state index is 12.8. The predicted octanol–water partition coefficient (Wildman–Crippen LogP) is 15.9. The first-order valence-corrected chi connectivity index (χ1v) is 23.7. The van der Waals surface area contributed by atoms with Gasteiger partial charge in [0.05, 0.1) is 22.8 Å². The topological polar surface area (TPSA) is 134 Å². The van der Waals surface area contributed by atoms with E-state index >= 15 is 0 Å². The van der Waals surface area contributed by atoms with Crippen molar-refractivity contribution in [2.75, 3.05) is 10.6 Å². The SMILES string of the molecule is Cc1cc(C)c(-c2c3nc(c(-c4ccc(NC(=O)OC(C)(C)C)cc4)c4ccc([nH]4)c(-c4c(C)cc(C)cc4C)c4nc(c(-c5ccc(NC(=O)OC(C)(C)C)cc5)c5ccc2[nH]5)C=C4)C=C3)c(C)c1. The molecule has 2 amide bonds. The summed E-state index contributed by atoms with van der Waals surface area (Å²) in [7, 11) is 0. The third-order valence-electron chi connectivity index (χ3n) is 12.2. The highest BCUT2D eigenvalue weighted by atomic mass is 16.6. The molecule has 354 valence electrons. The van der Waals surface area contributed by atoms with Crippen LogP contribution >= 0.6 is 0 Å². The van der Waals surface area contributed by atoms with Crippen LogP contribution in [-0.2, 0) is 9.47 Å². The van der Waals surface area contributed by atoms with Crippen molar-refractivity contribution in [1.82, 2.24) is 19.9 Å². The summed E-state index contributed by atoms with van der Waals surface area (Å²) in [5.74, 6) is 0. The molecule has 2 aliphatic rings. The summed E-state index contributed by atoms with van der Waals surface area (Å²) in [4.78, 5) is 44.4. The average molecular weight is 929 g/mol. The van der Waals surface area contributed by atoms with Gasteiger partial charge < -0.3 is 19.4 Å². The van der Waals surface area contributed by atoms with Crippen LogP contribution in [0.1, 0.15) is 97.7 Å². The monoisotopic (exact) mass is 928 g/mol. The lowest BCUT2D eigenvalue weighted by Gasteiger charge is -2.19. The van der Waals surface area contributed by atoms with Crippen molar-refractivity contribution < 1.29 is 19.1 Å². The van der Waals surface area contributed by atoms with E-state index < -0.39 is 23.4 Å². The van der Waals surface area contributed by atoms with Crippen LogP contribution in [0.2, 0.25) is 0 Å². The van der Waals surface area contributed by atoms with Crippen molar-refractivity contribution in [2.45, 2.75) is 94.3 Å². The molecule has 0 unspecified atom stereocenters. The summed E-state index contributed by atoms with van der Waals surface area (Å²) in [6, 6.07) is 33.0. The Bertz CT molecular complexity index is 3210. The second-order valence-electron chi connectivity index (χ2n) is 20.5. The third kappa shape index (κ3) is 9.81. The van der Waals surface area contributed by atoms with E-state index in [4.69, 9.17) is 19.4 Å². The van der Waals surface area contributed by atoms with Crippen molar-refractivity contribution in [1.29, 1.82) is 0 Å². The lowest BCUT2D eigenvalue weighted by atomic mass is 9.92. The molecular weight excluding hydrogens is 869 g/mol. The number of fused-ring (bicyclic) bond motifs is 8. The van der Waals surface area contributed by atoms with Gasteiger partial charge in [0.25, 0.3) is 0 Å². The Morgan fingerprint density at radius 3 is 1.00 bits per heavy atom. The summed E-state index contributed by atoms with van der Waals surface area (Å²) >= 11 is 0. The molecule has 9 rings (SSSR count). The van der Waals surface area contributed by atoms with E-state index in [1.165, 1.54) is 11.1 Å². The molecule has 0 saturated carbocycles. The zero-order valence-electron chi connectivity index (χ0n) is 42.1. The summed E-state index contributed by atoms with van der Waals surface area (Å²) in [6.45, 7) is 23.9. The average Bonchev–Trinajstić information content (AvgIpc) is 4.10. The highest BCUT2D eigenvalue weighted by molar-refractivity contribution is 6.01. The normalized spacial score (nSPS) is 12.3. The Balaban J connectivity index is 1.36. The summed E-state index contributed by atoms with van der Waals surface area (Å²) in [6.07, 6.45) is 7.35. The first kappa shape index (κ1) is 47.1. The Morgan fingerprint density at radius 2 is 0.700 bits per heavy atom. The molecule has 10 nitrogen and oxygen atoms in total. The van der Waals surface area contributed by atoms with Crippen LogP contribution in [0.5, 0.6) is 0 Å². The summed E-state index contributed by atoms with van der Waals surface area (Å²) in [5, 5.41) is 5.77. The van der Waals surface area contributed by atoms with Gasteiger partial charge in [0, 0.05) is 55.7 Å². The van der Waals surface area contributed by atoms with Gasteiger partial charge in [-0.15, -0.1) is 0 Å². The molecule has 10 heteroatoms. The molecule has 0 aliphatic carbocycles. The van der Waals surface area contributed by atoms with E-state index in [-0.39, 0.29) is 0 Å². The molecule has 4 aromatic carbocycles. The number of H-pyrrole nitrogens is 2. The van der Waals surface area contributed by atoms with Gasteiger partial charge in [0.1, 0.15) is 11.2 Å². The van der Waals surface area contributed by atoms with Crippen molar-refractivity contribution in [3.8, 4) is 44.5 Å². The number of aromatic nitrogens is 4. The lowest BCUT2D eigenvalue weighted by molar-refractivity contribution is 0.0624. The van der Waals surface area contributed by atoms with Crippen LogP contribution in [-0.4, -0.2) is 43.3 Å². The number of amides is 2. The summed E-state index contributed by atoms with van der Waals surface area (Å²) < 4.78 is 11.1. The molecule has 0 radical (unpaired) electrons. The number of ether oxygens (including phenoxy) is 2. The highest BCUT2D eigenvalue weighted by Crippen LogP contribution is 2.41. The Morgan fingerprint density at radius 1 is 0.414 bits per heavy atom. The van der Waals surface area contributed by atoms with Crippen LogP contribution in [0, 0.1) is 41.5 Å². The smallest absolute Gasteiger partial charge is 0.412 e. The van der Waals surface area contributed by atoms with Gasteiger partial charge in [-0.1, -0.05) is 59.7 Å². The standard InChI is InChI=1S/C60H60N6O4/c1-33-29-35(3)51(36(4)30-33)55-47-25-21-43(63-47)53(39-13-17-41(18-14-39)61-57(67)69-59(7,8)9)45-23-27-49(65-45)56(52-37(5)31-34(2)32-38(52)6)50-28-24-46(66-50)54(44-22-26-48(55)64-44)40-15-19-42(20-16-40)62-58(68)70-60(10,11)12/h13-32,63,66H,1-12H3,(H,61,67)(H,62,68). The van der Waals surface area contributed by atoms with Crippen molar-refractivity contribution >= 4 is 69.9 Å². The number of carbonyl (C=O) groups excluding carboxylic acids is 2. The number of nitrogens with one attached hydrogen (secondary N) is 4. The molecule has 0 atom stereocenters. The van der Waals surface area contributed by atoms with Gasteiger partial charge in [-0.3, -0.25) is 10.6 Å². The Labute approximate surface area is 410 Å². The van der Waals surface area contributed by atoms with Crippen LogP contribution in [0.3, 0.4) is 0 Å². The fourth-order valence-electron chi connectivity index (χ4n) is 9.77. The fraction of sp³-hybridized carbons (Fsp3) is 0.233. The van der Waals surface area contributed by atoms with Gasteiger partial charge in [-0.25, -0.2) is 19.6 Å². The second-order valence-corrected chi connectivity index (χ2v) is 20.5. The first-order valence-electron chi connectivity index (χ1n) is 23.7. The number of aromatic amines is 2. The second kappa shape index (κ2) is 18.2. The van der Waals surface area contributed by atoms with Crippen molar-refractivity contribution in [3.05, 3.63) is 153 Å². The Hall–Kier alpha value is -7.98. The number of hydrogen-bond acceptors (Lipinski definition) is 6. The number of carbonyl (C=O) groups is 2. The van der Waals surface area contributed by atoms with Crippen LogP contribution in [0.25, 0.3) is 90.9 Å². The number of aryl methyl sites for hydroxylation is 6. The predicted molar refractivity (Wildman–Crippen MR) is 289 cm³/mol. The number of nitrogens with zero attached hydrogens (tertiary/aromatic N) is 2. The molecule has 4 N–H and O–H groups in total. The molecular formula is C60H60N6O4. The third-order valence-corrected chi connectivity index (χ3v) is 12.2. The van der Waals surface area contributed by atoms with E-state index in [9.17, 15) is 9.59 Å². The number of rotatable bonds is 6. The van der Waals surface area contributed by atoms with E-state index in [1.54, 1.807) is 0 Å². The number of benzene rings is 4.